The van der Waals surface area contributed by atoms with Crippen LogP contribution in [0.3, 0.4) is 0 Å². The minimum atomic E-state index is -0.432. The summed E-state index contributed by atoms with van der Waals surface area (Å²) in [6.07, 6.45) is 1.13. The Balaban J connectivity index is 1.49. The van der Waals surface area contributed by atoms with E-state index in [4.69, 9.17) is 14.0 Å². The number of nitrogens with one attached hydrogen (secondary N) is 2. The van der Waals surface area contributed by atoms with Crippen molar-refractivity contribution in [3.05, 3.63) is 41.3 Å². The van der Waals surface area contributed by atoms with Crippen LogP contribution in [-0.2, 0) is 9.53 Å². The molecule has 3 atom stereocenters. The second-order valence-corrected chi connectivity index (χ2v) is 8.31. The predicted octanol–water partition coefficient (Wildman–Crippen LogP) is 2.14. The molecular weight excluding hydrogens is 428 g/mol. The fourth-order valence-electron chi connectivity index (χ4n) is 4.25. The molecule has 0 unspecified atom stereocenters. The van der Waals surface area contributed by atoms with Crippen LogP contribution >= 0.6 is 0 Å². The Hall–Kier alpha value is -3.40. The highest BCUT2D eigenvalue weighted by Gasteiger charge is 2.39. The number of benzene rings is 1. The van der Waals surface area contributed by atoms with E-state index in [9.17, 15) is 14.4 Å². The van der Waals surface area contributed by atoms with Crippen molar-refractivity contribution >= 4 is 23.4 Å². The lowest BCUT2D eigenvalue weighted by Crippen LogP contribution is -2.54. The van der Waals surface area contributed by atoms with Crippen LogP contribution in [-0.4, -0.2) is 66.2 Å². The molecule has 10 nitrogen and oxygen atoms in total. The van der Waals surface area contributed by atoms with E-state index in [0.717, 1.165) is 0 Å². The van der Waals surface area contributed by atoms with Crippen LogP contribution in [0, 0.1) is 6.92 Å². The first kappa shape index (κ1) is 22.8. The van der Waals surface area contributed by atoms with Gasteiger partial charge < -0.3 is 29.5 Å². The van der Waals surface area contributed by atoms with Crippen molar-refractivity contribution in [2.75, 3.05) is 25.5 Å². The third-order valence-corrected chi connectivity index (χ3v) is 5.92. The third-order valence-electron chi connectivity index (χ3n) is 5.92. The van der Waals surface area contributed by atoms with Crippen molar-refractivity contribution in [1.82, 2.24) is 15.4 Å². The van der Waals surface area contributed by atoms with Crippen molar-refractivity contribution in [2.24, 2.45) is 0 Å². The Kier molecular flexibility index (Phi) is 6.64. The first-order chi connectivity index (χ1) is 15.9. The van der Waals surface area contributed by atoms with Gasteiger partial charge in [-0.3, -0.25) is 14.4 Å². The van der Waals surface area contributed by atoms with E-state index in [1.807, 2.05) is 6.92 Å². The number of hydrogen-bond donors (Lipinski definition) is 2. The predicted molar refractivity (Wildman–Crippen MR) is 118 cm³/mol. The number of carbonyl (C=O) groups excluding carboxylic acids is 3. The third kappa shape index (κ3) is 5.00. The van der Waals surface area contributed by atoms with Gasteiger partial charge in [0.2, 0.25) is 5.91 Å². The van der Waals surface area contributed by atoms with Crippen LogP contribution in [0.4, 0.5) is 5.69 Å². The summed E-state index contributed by atoms with van der Waals surface area (Å²) < 4.78 is 17.0. The van der Waals surface area contributed by atoms with Gasteiger partial charge in [-0.25, -0.2) is 0 Å². The number of aryl methyl sites for hydroxylation is 1. The number of likely N-dealkylation sites (N-methyl/N-ethyl adjacent to an activating group) is 1. The Morgan fingerprint density at radius 2 is 2.06 bits per heavy atom. The zero-order chi connectivity index (χ0) is 23.5. The molecule has 1 saturated heterocycles. The quantitative estimate of drug-likeness (QED) is 0.707. The fourth-order valence-corrected chi connectivity index (χ4v) is 4.25. The maximum absolute atomic E-state index is 13.3. The molecule has 2 aliphatic heterocycles. The molecule has 1 aromatic carbocycles. The molecule has 1 fully saturated rings. The molecule has 4 rings (SSSR count). The lowest BCUT2D eigenvalue weighted by Gasteiger charge is -2.42. The molecule has 1 aromatic heterocycles. The van der Waals surface area contributed by atoms with Gasteiger partial charge in [-0.15, -0.1) is 0 Å². The number of hydrogen-bond acceptors (Lipinski definition) is 7. The molecule has 3 heterocycles. The molecule has 33 heavy (non-hydrogen) atoms. The molecule has 176 valence electrons. The van der Waals surface area contributed by atoms with Crippen molar-refractivity contribution in [3.63, 3.8) is 0 Å². The first-order valence-electron chi connectivity index (χ1n) is 11.1. The van der Waals surface area contributed by atoms with Crippen LogP contribution in [0.25, 0.3) is 0 Å². The number of nitrogens with zero attached hydrogens (tertiary/aromatic N) is 2. The molecule has 0 radical (unpaired) electrons. The zero-order valence-electron chi connectivity index (χ0n) is 18.9. The average molecular weight is 456 g/mol. The Morgan fingerprint density at radius 3 is 2.79 bits per heavy atom. The summed E-state index contributed by atoms with van der Waals surface area (Å²) in [6, 6.07) is 6.27. The maximum Gasteiger partial charge on any atom is 0.277 e. The molecular formula is C23H28N4O6. The van der Waals surface area contributed by atoms with Crippen molar-refractivity contribution in [3.8, 4) is 5.75 Å². The van der Waals surface area contributed by atoms with Gasteiger partial charge in [0.05, 0.1) is 24.1 Å². The van der Waals surface area contributed by atoms with Crippen LogP contribution in [0.2, 0.25) is 0 Å². The molecule has 3 amide bonds. The van der Waals surface area contributed by atoms with E-state index >= 15 is 0 Å². The fraction of sp³-hybridized carbons (Fsp3) is 0.478. The van der Waals surface area contributed by atoms with Gasteiger partial charge in [-0.05, 0) is 44.9 Å². The standard InChI is InChI=1S/C23H28N4O6/c1-4-24-21(28)11-15-6-7-18-20(32-15)12-31-19-8-5-14(10-16(19)23(30)27(18)3)25-22(29)17-9-13(2)33-26-17/h5,8-10,15,18,20H,4,6-7,11-12H2,1-3H3,(H,24,28)(H,25,29)/t15-,18-,20+/m1/s1. The highest BCUT2D eigenvalue weighted by molar-refractivity contribution is 6.04. The summed E-state index contributed by atoms with van der Waals surface area (Å²) in [4.78, 5) is 39.3. The van der Waals surface area contributed by atoms with E-state index in [1.165, 1.54) is 6.07 Å². The highest BCUT2D eigenvalue weighted by Crippen LogP contribution is 2.32. The SMILES string of the molecule is CCNC(=O)C[C@H]1CC[C@@H]2[C@H](COc3ccc(NC(=O)c4cc(C)on4)cc3C(=O)N2C)O1. The molecule has 0 bridgehead atoms. The molecule has 0 saturated carbocycles. The van der Waals surface area contributed by atoms with Gasteiger partial charge in [0, 0.05) is 25.3 Å². The summed E-state index contributed by atoms with van der Waals surface area (Å²) in [7, 11) is 1.74. The minimum absolute atomic E-state index is 0.0437. The van der Waals surface area contributed by atoms with E-state index in [2.05, 4.69) is 15.8 Å². The second-order valence-electron chi connectivity index (χ2n) is 8.31. The van der Waals surface area contributed by atoms with Gasteiger partial charge in [0.15, 0.2) is 5.69 Å². The lowest BCUT2D eigenvalue weighted by molar-refractivity contribution is -0.133. The van der Waals surface area contributed by atoms with Gasteiger partial charge in [-0.1, -0.05) is 5.16 Å². The van der Waals surface area contributed by atoms with Gasteiger partial charge in [0.25, 0.3) is 11.8 Å². The van der Waals surface area contributed by atoms with Gasteiger partial charge >= 0.3 is 0 Å². The number of aromatic nitrogens is 1. The summed E-state index contributed by atoms with van der Waals surface area (Å²) in [5.74, 6) is 0.242. The molecule has 2 N–H and O–H groups in total. The normalized spacial score (nSPS) is 22.3. The van der Waals surface area contributed by atoms with E-state index in [1.54, 1.807) is 37.1 Å². The smallest absolute Gasteiger partial charge is 0.277 e. The van der Waals surface area contributed by atoms with Crippen LogP contribution in [0.1, 0.15) is 52.8 Å². The summed E-state index contributed by atoms with van der Waals surface area (Å²) >= 11 is 0. The summed E-state index contributed by atoms with van der Waals surface area (Å²) in [6.45, 7) is 4.41. The highest BCUT2D eigenvalue weighted by atomic mass is 16.5. The van der Waals surface area contributed by atoms with Gasteiger partial charge in [-0.2, -0.15) is 0 Å². The number of rotatable bonds is 5. The van der Waals surface area contributed by atoms with Crippen molar-refractivity contribution in [2.45, 2.75) is 51.4 Å². The second kappa shape index (κ2) is 9.62. The molecule has 10 heteroatoms. The Bertz CT molecular complexity index is 1050. The Morgan fingerprint density at radius 1 is 1.24 bits per heavy atom. The number of fused-ring (bicyclic) bond motifs is 2. The summed E-state index contributed by atoms with van der Waals surface area (Å²) in [5.41, 5.74) is 0.960. The maximum atomic E-state index is 13.3. The monoisotopic (exact) mass is 456 g/mol. The van der Waals surface area contributed by atoms with E-state index in [0.29, 0.717) is 48.6 Å². The minimum Gasteiger partial charge on any atom is -0.490 e. The van der Waals surface area contributed by atoms with Crippen molar-refractivity contribution in [1.29, 1.82) is 0 Å². The molecule has 0 aliphatic carbocycles. The molecule has 2 aliphatic rings. The van der Waals surface area contributed by atoms with Gasteiger partial charge in [0.1, 0.15) is 24.2 Å². The lowest BCUT2D eigenvalue weighted by atomic mass is 9.94. The van der Waals surface area contributed by atoms with Crippen LogP contribution in [0.15, 0.2) is 28.8 Å². The van der Waals surface area contributed by atoms with Crippen molar-refractivity contribution < 1.29 is 28.4 Å². The number of ether oxygens (including phenoxy) is 2. The van der Waals surface area contributed by atoms with Crippen LogP contribution in [0.5, 0.6) is 5.75 Å². The zero-order valence-corrected chi connectivity index (χ0v) is 18.9. The number of carbonyl (C=O) groups is 3. The number of anilines is 1. The first-order valence-corrected chi connectivity index (χ1v) is 11.1. The summed E-state index contributed by atoms with van der Waals surface area (Å²) in [5, 5.41) is 9.23. The number of amides is 3. The molecule has 0 spiro atoms. The average Bonchev–Trinajstić information content (AvgIpc) is 3.23. The topological polar surface area (TPSA) is 123 Å². The van der Waals surface area contributed by atoms with Crippen LogP contribution < -0.4 is 15.4 Å². The van der Waals surface area contributed by atoms with E-state index in [-0.39, 0.29) is 42.4 Å². The molecule has 2 aromatic rings. The largest absolute Gasteiger partial charge is 0.490 e. The van der Waals surface area contributed by atoms with E-state index < -0.39 is 5.91 Å². The Labute approximate surface area is 191 Å².